The van der Waals surface area contributed by atoms with Crippen molar-refractivity contribution in [1.29, 1.82) is 0 Å². The first-order chi connectivity index (χ1) is 12.0. The van der Waals surface area contributed by atoms with Crippen LogP contribution in [0.3, 0.4) is 0 Å². The lowest BCUT2D eigenvalue weighted by Gasteiger charge is -2.07. The van der Waals surface area contributed by atoms with Crippen LogP contribution in [0.15, 0.2) is 54.1 Å². The van der Waals surface area contributed by atoms with Crippen molar-refractivity contribution in [3.05, 3.63) is 76.6 Å². The molecule has 1 aromatic heterocycles. The summed E-state index contributed by atoms with van der Waals surface area (Å²) in [6.45, 7) is 6.50. The number of hydrogen-bond donors (Lipinski definition) is 2. The monoisotopic (exact) mass is 336 g/mol. The summed E-state index contributed by atoms with van der Waals surface area (Å²) in [5, 5.41) is 12.3. The summed E-state index contributed by atoms with van der Waals surface area (Å²) >= 11 is 0. The summed E-state index contributed by atoms with van der Waals surface area (Å²) < 4.78 is 0. The molecule has 0 spiro atoms. The topological polar surface area (TPSA) is 62.2 Å². The van der Waals surface area contributed by atoms with Gasteiger partial charge in [0.1, 0.15) is 11.4 Å². The van der Waals surface area contributed by atoms with Gasteiger partial charge in [0.15, 0.2) is 0 Å². The van der Waals surface area contributed by atoms with Crippen LogP contribution in [-0.2, 0) is 6.54 Å². The summed E-state index contributed by atoms with van der Waals surface area (Å²) in [4.78, 5) is 16.8. The molecule has 130 valence electrons. The predicted molar refractivity (Wildman–Crippen MR) is 101 cm³/mol. The highest BCUT2D eigenvalue weighted by Crippen LogP contribution is 2.12. The van der Waals surface area contributed by atoms with Gasteiger partial charge >= 0.3 is 0 Å². The number of benzene rings is 1. The molecule has 0 bridgehead atoms. The smallest absolute Gasteiger partial charge is 0.270 e. The molecule has 0 aliphatic heterocycles. The number of nitrogens with zero attached hydrogens (tertiary/aromatic N) is 1. The summed E-state index contributed by atoms with van der Waals surface area (Å²) in [7, 11) is 0. The highest BCUT2D eigenvalue weighted by molar-refractivity contribution is 5.92. The van der Waals surface area contributed by atoms with E-state index < -0.39 is 0 Å². The lowest BCUT2D eigenvalue weighted by atomic mass is 10.1. The quantitative estimate of drug-likeness (QED) is 0.769. The van der Waals surface area contributed by atoms with Gasteiger partial charge in [0.2, 0.25) is 0 Å². The molecule has 25 heavy (non-hydrogen) atoms. The lowest BCUT2D eigenvalue weighted by molar-refractivity contribution is 0.0946. The second-order valence-electron chi connectivity index (χ2n) is 5.98. The van der Waals surface area contributed by atoms with E-state index in [2.05, 4.69) is 30.2 Å². The van der Waals surface area contributed by atoms with Crippen LogP contribution >= 0.6 is 0 Å². The number of aromatic hydroxyl groups is 1. The number of amides is 1. The molecule has 2 aromatic rings. The average Bonchev–Trinajstić information content (AvgIpc) is 2.61. The fourth-order valence-electron chi connectivity index (χ4n) is 2.20. The average molecular weight is 336 g/mol. The van der Waals surface area contributed by atoms with E-state index in [-0.39, 0.29) is 11.7 Å². The van der Waals surface area contributed by atoms with Crippen molar-refractivity contribution in [2.75, 3.05) is 0 Å². The third-order valence-corrected chi connectivity index (χ3v) is 3.92. The van der Waals surface area contributed by atoms with E-state index in [0.717, 1.165) is 23.2 Å². The van der Waals surface area contributed by atoms with E-state index in [1.807, 2.05) is 31.2 Å². The molecule has 0 fully saturated rings. The van der Waals surface area contributed by atoms with E-state index in [1.54, 1.807) is 24.3 Å². The molecule has 0 atom stereocenters. The summed E-state index contributed by atoms with van der Waals surface area (Å²) in [5.41, 5.74) is 4.30. The Bertz CT molecular complexity index is 807. The zero-order chi connectivity index (χ0) is 18.2. The molecule has 0 saturated heterocycles. The van der Waals surface area contributed by atoms with Gasteiger partial charge < -0.3 is 10.4 Å². The molecule has 1 aromatic carbocycles. The van der Waals surface area contributed by atoms with Crippen molar-refractivity contribution < 1.29 is 9.90 Å². The summed E-state index contributed by atoms with van der Waals surface area (Å²) in [6.07, 6.45) is 6.94. The van der Waals surface area contributed by atoms with Crippen LogP contribution in [0.25, 0.3) is 6.08 Å². The number of aromatic nitrogens is 1. The van der Waals surface area contributed by atoms with Crippen molar-refractivity contribution in [3.63, 3.8) is 0 Å². The number of aryl methyl sites for hydroxylation is 1. The zero-order valence-corrected chi connectivity index (χ0v) is 14.9. The molecule has 1 amide bonds. The van der Waals surface area contributed by atoms with Gasteiger partial charge in [-0.2, -0.15) is 0 Å². The molecule has 0 saturated carbocycles. The second kappa shape index (κ2) is 8.83. The molecule has 4 nitrogen and oxygen atoms in total. The van der Waals surface area contributed by atoms with E-state index in [4.69, 9.17) is 0 Å². The number of phenolic OH excluding ortho intramolecular Hbond substituents is 1. The van der Waals surface area contributed by atoms with Gasteiger partial charge in [-0.25, -0.2) is 4.98 Å². The van der Waals surface area contributed by atoms with Crippen LogP contribution in [-0.4, -0.2) is 16.0 Å². The van der Waals surface area contributed by atoms with Gasteiger partial charge in [-0.05, 0) is 55.7 Å². The Morgan fingerprint density at radius 3 is 2.80 bits per heavy atom. The minimum absolute atomic E-state index is 0.183. The number of allylic oxidation sites excluding steroid dienone is 3. The molecular weight excluding hydrogens is 312 g/mol. The Hall–Kier alpha value is -2.88. The number of carbonyl (C=O) groups is 1. The highest BCUT2D eigenvalue weighted by Gasteiger charge is 2.09. The molecule has 0 radical (unpaired) electrons. The molecular formula is C21H24N2O2. The zero-order valence-electron chi connectivity index (χ0n) is 14.9. The molecule has 1 heterocycles. The van der Waals surface area contributed by atoms with E-state index in [9.17, 15) is 9.90 Å². The predicted octanol–water partition coefficient (Wildman–Crippen LogP) is 4.40. The number of rotatable bonds is 6. The molecule has 2 rings (SSSR count). The minimum Gasteiger partial charge on any atom is -0.508 e. The van der Waals surface area contributed by atoms with Gasteiger partial charge in [0.25, 0.3) is 5.91 Å². The molecule has 2 N–H and O–H groups in total. The van der Waals surface area contributed by atoms with E-state index in [1.165, 1.54) is 5.57 Å². The first-order valence-electron chi connectivity index (χ1n) is 8.37. The van der Waals surface area contributed by atoms with Crippen molar-refractivity contribution in [2.45, 2.75) is 33.7 Å². The Kier molecular flexibility index (Phi) is 6.52. The Labute approximate surface area is 148 Å². The van der Waals surface area contributed by atoms with Crippen molar-refractivity contribution in [2.24, 2.45) is 0 Å². The maximum absolute atomic E-state index is 12.3. The number of carbonyl (C=O) groups excluding carboxylic acids is 1. The van der Waals surface area contributed by atoms with Crippen LogP contribution in [0, 0.1) is 6.92 Å². The third-order valence-electron chi connectivity index (χ3n) is 3.92. The van der Waals surface area contributed by atoms with Gasteiger partial charge in [0, 0.05) is 6.54 Å². The molecule has 0 aliphatic carbocycles. The first kappa shape index (κ1) is 18.5. The maximum atomic E-state index is 12.3. The highest BCUT2D eigenvalue weighted by atomic mass is 16.3. The van der Waals surface area contributed by atoms with Crippen molar-refractivity contribution >= 4 is 12.0 Å². The summed E-state index contributed by atoms with van der Waals surface area (Å²) in [5.74, 6) is -0.0543. The van der Waals surface area contributed by atoms with Gasteiger partial charge in [-0.3, -0.25) is 4.79 Å². The van der Waals surface area contributed by atoms with E-state index in [0.29, 0.717) is 12.2 Å². The van der Waals surface area contributed by atoms with Gasteiger partial charge in [-0.15, -0.1) is 0 Å². The van der Waals surface area contributed by atoms with E-state index >= 15 is 0 Å². The van der Waals surface area contributed by atoms with Crippen LogP contribution in [0.5, 0.6) is 5.75 Å². The Morgan fingerprint density at radius 2 is 2.08 bits per heavy atom. The Balaban J connectivity index is 2.08. The first-order valence-corrected chi connectivity index (χ1v) is 8.37. The standard InChI is InChI=1S/C21H24N2O2/c1-4-15(2)7-5-10-19-16(3)11-12-20(23-19)21(25)22-14-17-8-6-9-18(24)13-17/h5-13,24H,4,14H2,1-3H3,(H,22,25)/b10-5-,15-7+. The number of pyridine rings is 1. The van der Waals surface area contributed by atoms with Crippen LogP contribution < -0.4 is 5.32 Å². The van der Waals surface area contributed by atoms with Crippen LogP contribution in [0.2, 0.25) is 0 Å². The van der Waals surface area contributed by atoms with Gasteiger partial charge in [0.05, 0.1) is 5.69 Å². The Morgan fingerprint density at radius 1 is 1.28 bits per heavy atom. The SMILES string of the molecule is CC/C(C)=C/C=C\c1nc(C(=O)NCc2cccc(O)c2)ccc1C. The summed E-state index contributed by atoms with van der Waals surface area (Å²) in [6, 6.07) is 10.4. The molecule has 0 aliphatic rings. The maximum Gasteiger partial charge on any atom is 0.270 e. The number of hydrogen-bond acceptors (Lipinski definition) is 3. The fraction of sp³-hybridized carbons (Fsp3) is 0.238. The minimum atomic E-state index is -0.238. The van der Waals surface area contributed by atoms with Gasteiger partial charge in [-0.1, -0.05) is 42.8 Å². The lowest BCUT2D eigenvalue weighted by Crippen LogP contribution is -2.24. The normalized spacial score (nSPS) is 11.7. The van der Waals surface area contributed by atoms with Crippen molar-refractivity contribution in [3.8, 4) is 5.75 Å². The third kappa shape index (κ3) is 5.60. The van der Waals surface area contributed by atoms with Crippen LogP contribution in [0.1, 0.15) is 47.6 Å². The largest absolute Gasteiger partial charge is 0.508 e. The number of phenols is 1. The van der Waals surface area contributed by atoms with Crippen molar-refractivity contribution in [1.82, 2.24) is 10.3 Å². The second-order valence-corrected chi connectivity index (χ2v) is 5.98. The fourth-order valence-corrected chi connectivity index (χ4v) is 2.20. The molecule has 4 heteroatoms. The van der Waals surface area contributed by atoms with Crippen LogP contribution in [0.4, 0.5) is 0 Å². The molecule has 0 unspecified atom stereocenters. The number of nitrogens with one attached hydrogen (secondary N) is 1.